The van der Waals surface area contributed by atoms with E-state index < -0.39 is 5.60 Å². The molecule has 0 amide bonds. The summed E-state index contributed by atoms with van der Waals surface area (Å²) in [5.74, 6) is 0. The number of rotatable bonds is 3. The first-order valence-electron chi connectivity index (χ1n) is 5.70. The molecular formula is C14H17NOS. The molecule has 0 saturated heterocycles. The number of aromatic nitrogens is 1. The van der Waals surface area contributed by atoms with Crippen LogP contribution in [-0.4, -0.2) is 10.1 Å². The molecule has 0 atom stereocenters. The largest absolute Gasteiger partial charge is 0.385 e. The normalized spacial score (nSPS) is 11.8. The van der Waals surface area contributed by atoms with Gasteiger partial charge in [0.25, 0.3) is 0 Å². The second kappa shape index (κ2) is 4.59. The summed E-state index contributed by atoms with van der Waals surface area (Å²) in [5.41, 5.74) is 1.40. The van der Waals surface area contributed by atoms with Crippen molar-refractivity contribution in [1.29, 1.82) is 0 Å². The molecule has 2 nitrogen and oxygen atoms in total. The molecule has 1 heterocycles. The summed E-state index contributed by atoms with van der Waals surface area (Å²) in [6, 6.07) is 10.3. The van der Waals surface area contributed by atoms with Crippen LogP contribution in [0.3, 0.4) is 0 Å². The van der Waals surface area contributed by atoms with E-state index in [2.05, 4.69) is 17.1 Å². The molecule has 1 aromatic heterocycles. The van der Waals surface area contributed by atoms with Crippen molar-refractivity contribution in [3.63, 3.8) is 0 Å². The molecule has 0 radical (unpaired) electrons. The van der Waals surface area contributed by atoms with Gasteiger partial charge >= 0.3 is 0 Å². The number of nitrogens with zero attached hydrogens (tertiary/aromatic N) is 1. The van der Waals surface area contributed by atoms with Crippen LogP contribution in [0.2, 0.25) is 0 Å². The van der Waals surface area contributed by atoms with Crippen molar-refractivity contribution in [2.24, 2.45) is 0 Å². The number of hydrogen-bond donors (Lipinski definition) is 1. The van der Waals surface area contributed by atoms with Gasteiger partial charge in [-0.25, -0.2) is 4.98 Å². The Morgan fingerprint density at radius 2 is 1.88 bits per heavy atom. The first kappa shape index (κ1) is 12.3. The topological polar surface area (TPSA) is 33.1 Å². The molecule has 0 spiro atoms. The fourth-order valence-electron chi connectivity index (χ4n) is 1.87. The molecule has 0 unspecified atom stereocenters. The zero-order valence-corrected chi connectivity index (χ0v) is 11.2. The summed E-state index contributed by atoms with van der Waals surface area (Å²) in [7, 11) is 0. The van der Waals surface area contributed by atoms with E-state index in [1.807, 2.05) is 25.1 Å². The van der Waals surface area contributed by atoms with Crippen molar-refractivity contribution in [2.45, 2.75) is 32.8 Å². The van der Waals surface area contributed by atoms with Crippen LogP contribution in [0, 0.1) is 6.92 Å². The van der Waals surface area contributed by atoms with Crippen LogP contribution < -0.4 is 0 Å². The SMILES string of the molecule is Cc1nc(Cc2ccccc2)sc1C(C)(C)O. The molecule has 3 heteroatoms. The molecule has 0 bridgehead atoms. The molecule has 17 heavy (non-hydrogen) atoms. The first-order chi connectivity index (χ1) is 7.97. The zero-order chi connectivity index (χ0) is 12.5. The second-order valence-corrected chi connectivity index (χ2v) is 5.83. The molecule has 2 aromatic rings. The van der Waals surface area contributed by atoms with Crippen LogP contribution in [-0.2, 0) is 12.0 Å². The van der Waals surface area contributed by atoms with Crippen LogP contribution in [0.5, 0.6) is 0 Å². The maximum absolute atomic E-state index is 10.0. The summed E-state index contributed by atoms with van der Waals surface area (Å²) in [4.78, 5) is 5.49. The number of thiazole rings is 1. The van der Waals surface area contributed by atoms with Crippen molar-refractivity contribution in [2.75, 3.05) is 0 Å². The Kier molecular flexibility index (Phi) is 3.31. The highest BCUT2D eigenvalue weighted by molar-refractivity contribution is 7.11. The van der Waals surface area contributed by atoms with Gasteiger partial charge in [0, 0.05) is 6.42 Å². The predicted octanol–water partition coefficient (Wildman–Crippen LogP) is 3.27. The fraction of sp³-hybridized carbons (Fsp3) is 0.357. The molecule has 0 fully saturated rings. The monoisotopic (exact) mass is 247 g/mol. The van der Waals surface area contributed by atoms with Crippen molar-refractivity contribution in [3.8, 4) is 0 Å². The van der Waals surface area contributed by atoms with Gasteiger partial charge in [0.1, 0.15) is 0 Å². The average Bonchev–Trinajstić information content (AvgIpc) is 2.60. The molecule has 90 valence electrons. The Labute approximate surface area is 106 Å². The molecule has 1 N–H and O–H groups in total. The lowest BCUT2D eigenvalue weighted by molar-refractivity contribution is 0.0817. The summed E-state index contributed by atoms with van der Waals surface area (Å²) < 4.78 is 0. The molecule has 1 aromatic carbocycles. The molecule has 0 aliphatic heterocycles. The lowest BCUT2D eigenvalue weighted by Crippen LogP contribution is -2.14. The van der Waals surface area contributed by atoms with Crippen molar-refractivity contribution >= 4 is 11.3 Å². The maximum atomic E-state index is 10.0. The van der Waals surface area contributed by atoms with Crippen LogP contribution in [0.25, 0.3) is 0 Å². The third-order valence-electron chi connectivity index (χ3n) is 2.59. The van der Waals surface area contributed by atoms with Gasteiger partial charge in [-0.3, -0.25) is 0 Å². The van der Waals surface area contributed by atoms with Crippen LogP contribution in [0.15, 0.2) is 30.3 Å². The van der Waals surface area contributed by atoms with E-state index in [0.29, 0.717) is 0 Å². The predicted molar refractivity (Wildman–Crippen MR) is 71.3 cm³/mol. The van der Waals surface area contributed by atoms with E-state index >= 15 is 0 Å². The Balaban J connectivity index is 2.24. The fourth-order valence-corrected chi connectivity index (χ4v) is 2.97. The van der Waals surface area contributed by atoms with Gasteiger partial charge in [0.2, 0.25) is 0 Å². The van der Waals surface area contributed by atoms with Gasteiger partial charge in [-0.15, -0.1) is 11.3 Å². The standard InChI is InChI=1S/C14H17NOS/c1-10-13(14(2,3)16)17-12(15-10)9-11-7-5-4-6-8-11/h4-8,16H,9H2,1-3H3. The van der Waals surface area contributed by atoms with Gasteiger partial charge < -0.3 is 5.11 Å². The lowest BCUT2D eigenvalue weighted by atomic mass is 10.1. The average molecular weight is 247 g/mol. The van der Waals surface area contributed by atoms with E-state index in [4.69, 9.17) is 0 Å². The van der Waals surface area contributed by atoms with Gasteiger partial charge in [-0.2, -0.15) is 0 Å². The third kappa shape index (κ3) is 2.93. The Bertz CT molecular complexity index is 497. The highest BCUT2D eigenvalue weighted by Crippen LogP contribution is 2.30. The molecule has 2 rings (SSSR count). The van der Waals surface area contributed by atoms with Gasteiger partial charge in [0.15, 0.2) is 0 Å². The number of aliphatic hydroxyl groups is 1. The lowest BCUT2D eigenvalue weighted by Gasteiger charge is -2.14. The summed E-state index contributed by atoms with van der Waals surface area (Å²) >= 11 is 1.60. The number of hydrogen-bond acceptors (Lipinski definition) is 3. The molecule has 0 aliphatic rings. The van der Waals surface area contributed by atoms with Crippen LogP contribution in [0.4, 0.5) is 0 Å². The third-order valence-corrected chi connectivity index (χ3v) is 4.07. The molecule has 0 saturated carbocycles. The Morgan fingerprint density at radius 3 is 2.41 bits per heavy atom. The maximum Gasteiger partial charge on any atom is 0.0975 e. The Morgan fingerprint density at radius 1 is 1.24 bits per heavy atom. The van der Waals surface area contributed by atoms with Gasteiger partial charge in [0.05, 0.1) is 21.2 Å². The highest BCUT2D eigenvalue weighted by Gasteiger charge is 2.22. The van der Waals surface area contributed by atoms with Gasteiger partial charge in [-0.1, -0.05) is 30.3 Å². The van der Waals surface area contributed by atoms with E-state index in [0.717, 1.165) is 22.0 Å². The van der Waals surface area contributed by atoms with Crippen LogP contribution >= 0.6 is 11.3 Å². The minimum Gasteiger partial charge on any atom is -0.385 e. The minimum absolute atomic E-state index is 0.795. The summed E-state index contributed by atoms with van der Waals surface area (Å²) in [5, 5.41) is 11.1. The summed E-state index contributed by atoms with van der Waals surface area (Å²) in [6.07, 6.45) is 0.836. The van der Waals surface area contributed by atoms with Crippen LogP contribution in [0.1, 0.15) is 35.0 Å². The Hall–Kier alpha value is -1.19. The molecular weight excluding hydrogens is 230 g/mol. The number of benzene rings is 1. The number of aryl methyl sites for hydroxylation is 1. The molecule has 0 aliphatic carbocycles. The van der Waals surface area contributed by atoms with Crippen molar-refractivity contribution in [1.82, 2.24) is 4.98 Å². The van der Waals surface area contributed by atoms with E-state index in [1.165, 1.54) is 5.56 Å². The van der Waals surface area contributed by atoms with Gasteiger partial charge in [-0.05, 0) is 26.3 Å². The summed E-state index contributed by atoms with van der Waals surface area (Å²) in [6.45, 7) is 5.57. The minimum atomic E-state index is -0.795. The van der Waals surface area contributed by atoms with Crippen molar-refractivity contribution in [3.05, 3.63) is 51.5 Å². The first-order valence-corrected chi connectivity index (χ1v) is 6.51. The quantitative estimate of drug-likeness (QED) is 0.903. The highest BCUT2D eigenvalue weighted by atomic mass is 32.1. The van der Waals surface area contributed by atoms with Crippen molar-refractivity contribution < 1.29 is 5.11 Å². The second-order valence-electron chi connectivity index (χ2n) is 4.74. The zero-order valence-electron chi connectivity index (χ0n) is 10.4. The van der Waals surface area contributed by atoms with E-state index in [-0.39, 0.29) is 0 Å². The van der Waals surface area contributed by atoms with E-state index in [1.54, 1.807) is 25.2 Å². The smallest absolute Gasteiger partial charge is 0.0975 e. The van der Waals surface area contributed by atoms with E-state index in [9.17, 15) is 5.11 Å².